The Morgan fingerprint density at radius 1 is 1.40 bits per heavy atom. The highest BCUT2D eigenvalue weighted by Crippen LogP contribution is 2.22. The highest BCUT2D eigenvalue weighted by molar-refractivity contribution is 5.82. The van der Waals surface area contributed by atoms with E-state index in [4.69, 9.17) is 4.74 Å². The van der Waals surface area contributed by atoms with E-state index < -0.39 is 0 Å². The van der Waals surface area contributed by atoms with Gasteiger partial charge in [-0.25, -0.2) is 4.79 Å². The summed E-state index contributed by atoms with van der Waals surface area (Å²) in [4.78, 5) is 10.9. The molecule has 1 aliphatic carbocycles. The van der Waals surface area contributed by atoms with Crippen molar-refractivity contribution in [1.29, 1.82) is 0 Å². The third-order valence-electron chi connectivity index (χ3n) is 2.48. The second kappa shape index (κ2) is 7.11. The summed E-state index contributed by atoms with van der Waals surface area (Å²) in [6.07, 6.45) is 9.32. The molecule has 0 radical (unpaired) electrons. The van der Waals surface area contributed by atoms with E-state index in [2.05, 4.69) is 11.8 Å². The lowest BCUT2D eigenvalue weighted by atomic mass is 9.90. The summed E-state index contributed by atoms with van der Waals surface area (Å²) in [5.74, 6) is 6.31. The number of hydrogen-bond donors (Lipinski definition) is 0. The fourth-order valence-corrected chi connectivity index (χ4v) is 1.71. The number of carbonyl (C=O) groups excluding carboxylic acids is 1. The molecule has 0 aromatic carbocycles. The van der Waals surface area contributed by atoms with Crippen molar-refractivity contribution in [2.75, 3.05) is 6.61 Å². The van der Waals surface area contributed by atoms with E-state index in [1.54, 1.807) is 13.0 Å². The minimum Gasteiger partial charge on any atom is -0.463 e. The Bertz CT molecular complexity index is 275. The number of hydrogen-bond acceptors (Lipinski definition) is 2. The van der Waals surface area contributed by atoms with Crippen LogP contribution in [0.3, 0.4) is 0 Å². The Labute approximate surface area is 91.7 Å². The molecule has 1 saturated carbocycles. The zero-order valence-corrected chi connectivity index (χ0v) is 9.29. The molecule has 0 heterocycles. The standard InChI is InChI=1S/C13H18O2/c1-2-15-13(14)11-7-6-10-12-8-4-3-5-9-12/h7,11-12H,2-5,8-9H2,1H3/b11-7-. The van der Waals surface area contributed by atoms with Crippen LogP contribution in [0.5, 0.6) is 0 Å². The number of ether oxygens (including phenoxy) is 1. The molecule has 0 aromatic rings. The van der Waals surface area contributed by atoms with E-state index in [0.29, 0.717) is 12.5 Å². The van der Waals surface area contributed by atoms with Crippen molar-refractivity contribution >= 4 is 5.97 Å². The maximum Gasteiger partial charge on any atom is 0.331 e. The van der Waals surface area contributed by atoms with Gasteiger partial charge in [-0.3, -0.25) is 0 Å². The molecular formula is C13H18O2. The van der Waals surface area contributed by atoms with Crippen LogP contribution < -0.4 is 0 Å². The zero-order chi connectivity index (χ0) is 10.9. The monoisotopic (exact) mass is 206 g/mol. The maximum atomic E-state index is 10.9. The molecule has 82 valence electrons. The maximum absolute atomic E-state index is 10.9. The SMILES string of the molecule is CCOC(=O)/C=C\C#CC1CCCCC1. The van der Waals surface area contributed by atoms with Gasteiger partial charge in [0.15, 0.2) is 0 Å². The molecule has 1 aliphatic rings. The third-order valence-corrected chi connectivity index (χ3v) is 2.48. The first-order valence-corrected chi connectivity index (χ1v) is 5.67. The quantitative estimate of drug-likeness (QED) is 0.394. The van der Waals surface area contributed by atoms with Gasteiger partial charge in [-0.15, -0.1) is 0 Å². The highest BCUT2D eigenvalue weighted by Gasteiger charge is 2.09. The zero-order valence-electron chi connectivity index (χ0n) is 9.29. The van der Waals surface area contributed by atoms with Crippen LogP contribution in [0.1, 0.15) is 39.0 Å². The Hall–Kier alpha value is -1.23. The molecule has 1 rings (SSSR count). The van der Waals surface area contributed by atoms with E-state index in [9.17, 15) is 4.79 Å². The van der Waals surface area contributed by atoms with Crippen LogP contribution in [0.2, 0.25) is 0 Å². The second-order valence-electron chi connectivity index (χ2n) is 3.71. The molecule has 0 atom stereocenters. The molecule has 0 amide bonds. The van der Waals surface area contributed by atoms with Gasteiger partial charge in [0.1, 0.15) is 0 Å². The topological polar surface area (TPSA) is 26.3 Å². The van der Waals surface area contributed by atoms with Gasteiger partial charge >= 0.3 is 5.97 Å². The van der Waals surface area contributed by atoms with Crippen LogP contribution in [0.25, 0.3) is 0 Å². The molecule has 0 N–H and O–H groups in total. The Morgan fingerprint density at radius 2 is 2.13 bits per heavy atom. The molecule has 0 saturated heterocycles. The summed E-state index contributed by atoms with van der Waals surface area (Å²) in [6, 6.07) is 0. The smallest absolute Gasteiger partial charge is 0.331 e. The van der Waals surface area contributed by atoms with Gasteiger partial charge in [0, 0.05) is 12.0 Å². The van der Waals surface area contributed by atoms with Crippen molar-refractivity contribution in [3.05, 3.63) is 12.2 Å². The van der Waals surface area contributed by atoms with Crippen molar-refractivity contribution in [2.24, 2.45) is 5.92 Å². The molecular weight excluding hydrogens is 188 g/mol. The van der Waals surface area contributed by atoms with E-state index in [0.717, 1.165) is 0 Å². The second-order valence-corrected chi connectivity index (χ2v) is 3.71. The summed E-state index contributed by atoms with van der Waals surface area (Å²) in [5.41, 5.74) is 0. The third kappa shape index (κ3) is 5.27. The van der Waals surface area contributed by atoms with Crippen LogP contribution >= 0.6 is 0 Å². The molecule has 1 fully saturated rings. The lowest BCUT2D eigenvalue weighted by molar-refractivity contribution is -0.137. The van der Waals surface area contributed by atoms with E-state index >= 15 is 0 Å². The Balaban J connectivity index is 2.28. The molecule has 0 unspecified atom stereocenters. The predicted octanol–water partition coefficient (Wildman–Crippen LogP) is 2.69. The summed E-state index contributed by atoms with van der Waals surface area (Å²) in [6.45, 7) is 2.21. The van der Waals surface area contributed by atoms with Gasteiger partial charge in [0.05, 0.1) is 6.61 Å². The lowest BCUT2D eigenvalue weighted by Gasteiger charge is -2.15. The van der Waals surface area contributed by atoms with Crippen LogP contribution in [0.15, 0.2) is 12.2 Å². The fourth-order valence-electron chi connectivity index (χ4n) is 1.71. The predicted molar refractivity (Wildman–Crippen MR) is 60.1 cm³/mol. The van der Waals surface area contributed by atoms with Gasteiger partial charge in [-0.2, -0.15) is 0 Å². The van der Waals surface area contributed by atoms with Crippen LogP contribution in [-0.2, 0) is 9.53 Å². The van der Waals surface area contributed by atoms with Crippen LogP contribution in [-0.4, -0.2) is 12.6 Å². The summed E-state index contributed by atoms with van der Waals surface area (Å²) < 4.78 is 4.74. The number of esters is 1. The van der Waals surface area contributed by atoms with Crippen LogP contribution in [0, 0.1) is 17.8 Å². The summed E-state index contributed by atoms with van der Waals surface area (Å²) >= 11 is 0. The highest BCUT2D eigenvalue weighted by atomic mass is 16.5. The van der Waals surface area contributed by atoms with Crippen molar-refractivity contribution in [3.63, 3.8) is 0 Å². The van der Waals surface area contributed by atoms with Crippen molar-refractivity contribution in [2.45, 2.75) is 39.0 Å². The van der Waals surface area contributed by atoms with Crippen molar-refractivity contribution < 1.29 is 9.53 Å². The van der Waals surface area contributed by atoms with Gasteiger partial charge < -0.3 is 4.74 Å². The Kier molecular flexibility index (Phi) is 5.62. The number of allylic oxidation sites excluding steroid dienone is 1. The first-order chi connectivity index (χ1) is 7.33. The van der Waals surface area contributed by atoms with Gasteiger partial charge in [0.25, 0.3) is 0 Å². The van der Waals surface area contributed by atoms with E-state index in [-0.39, 0.29) is 5.97 Å². The first kappa shape index (κ1) is 11.8. The minimum atomic E-state index is -0.310. The van der Waals surface area contributed by atoms with E-state index in [1.165, 1.54) is 38.2 Å². The molecule has 0 bridgehead atoms. The lowest BCUT2D eigenvalue weighted by Crippen LogP contribution is -2.02. The van der Waals surface area contributed by atoms with Crippen molar-refractivity contribution in [3.8, 4) is 11.8 Å². The van der Waals surface area contributed by atoms with Gasteiger partial charge in [-0.1, -0.05) is 31.1 Å². The van der Waals surface area contributed by atoms with E-state index in [1.807, 2.05) is 0 Å². The average Bonchev–Trinajstić information content (AvgIpc) is 2.26. The Morgan fingerprint density at radius 3 is 2.80 bits per heavy atom. The molecule has 2 heteroatoms. The average molecular weight is 206 g/mol. The molecule has 0 spiro atoms. The minimum absolute atomic E-state index is 0.310. The first-order valence-electron chi connectivity index (χ1n) is 5.67. The summed E-state index contributed by atoms with van der Waals surface area (Å²) in [7, 11) is 0. The normalized spacial score (nSPS) is 17.1. The fraction of sp³-hybridized carbons (Fsp3) is 0.615. The van der Waals surface area contributed by atoms with Gasteiger partial charge in [-0.05, 0) is 25.8 Å². The number of rotatable bonds is 2. The molecule has 2 nitrogen and oxygen atoms in total. The van der Waals surface area contributed by atoms with Crippen LogP contribution in [0.4, 0.5) is 0 Å². The van der Waals surface area contributed by atoms with Crippen molar-refractivity contribution in [1.82, 2.24) is 0 Å². The molecule has 0 aliphatic heterocycles. The largest absolute Gasteiger partial charge is 0.463 e. The molecule has 0 aromatic heterocycles. The summed E-state index contributed by atoms with van der Waals surface area (Å²) in [5, 5.41) is 0. The molecule has 15 heavy (non-hydrogen) atoms. The van der Waals surface area contributed by atoms with Gasteiger partial charge in [0.2, 0.25) is 0 Å². The number of carbonyl (C=O) groups is 1.